The first-order chi connectivity index (χ1) is 8.74. The van der Waals surface area contributed by atoms with E-state index in [9.17, 15) is 0 Å². The Bertz CT molecular complexity index is 292. The average Bonchev–Trinajstić information content (AvgIpc) is 2.38. The standard InChI is InChI=1S/C17H29N/c1-4-5-6-8-11-16(15(2)3)14-18-17-12-9-7-10-13-17/h7,9-10,12-13,15-16,18H,4-6,8,11,14H2,1-3H3. The van der Waals surface area contributed by atoms with Gasteiger partial charge in [0.15, 0.2) is 0 Å². The summed E-state index contributed by atoms with van der Waals surface area (Å²) in [6.45, 7) is 8.07. The highest BCUT2D eigenvalue weighted by Crippen LogP contribution is 2.20. The summed E-state index contributed by atoms with van der Waals surface area (Å²) in [6, 6.07) is 10.5. The first kappa shape index (κ1) is 15.1. The van der Waals surface area contributed by atoms with Crippen molar-refractivity contribution in [3.05, 3.63) is 30.3 Å². The van der Waals surface area contributed by atoms with E-state index in [1.807, 2.05) is 0 Å². The molecule has 1 heteroatoms. The number of hydrogen-bond acceptors (Lipinski definition) is 1. The lowest BCUT2D eigenvalue weighted by Crippen LogP contribution is -2.19. The van der Waals surface area contributed by atoms with Crippen molar-refractivity contribution >= 4 is 5.69 Å². The summed E-state index contributed by atoms with van der Waals surface area (Å²) in [7, 11) is 0. The molecule has 0 bridgehead atoms. The Balaban J connectivity index is 2.29. The van der Waals surface area contributed by atoms with Crippen molar-refractivity contribution in [3.8, 4) is 0 Å². The maximum absolute atomic E-state index is 3.57. The van der Waals surface area contributed by atoms with Crippen molar-refractivity contribution in [3.63, 3.8) is 0 Å². The highest BCUT2D eigenvalue weighted by molar-refractivity contribution is 5.42. The Labute approximate surface area is 113 Å². The number of rotatable bonds is 9. The predicted molar refractivity (Wildman–Crippen MR) is 82.0 cm³/mol. The van der Waals surface area contributed by atoms with Gasteiger partial charge in [0.05, 0.1) is 0 Å². The van der Waals surface area contributed by atoms with E-state index in [1.54, 1.807) is 0 Å². The molecule has 1 aromatic carbocycles. The van der Waals surface area contributed by atoms with E-state index >= 15 is 0 Å². The molecule has 0 fully saturated rings. The van der Waals surface area contributed by atoms with Gasteiger partial charge in [0, 0.05) is 12.2 Å². The molecule has 0 saturated carbocycles. The van der Waals surface area contributed by atoms with Gasteiger partial charge in [-0.15, -0.1) is 0 Å². The van der Waals surface area contributed by atoms with Crippen LogP contribution in [0.3, 0.4) is 0 Å². The van der Waals surface area contributed by atoms with Crippen molar-refractivity contribution in [1.29, 1.82) is 0 Å². The summed E-state index contributed by atoms with van der Waals surface area (Å²) >= 11 is 0. The van der Waals surface area contributed by atoms with Crippen LogP contribution in [0.15, 0.2) is 30.3 Å². The highest BCUT2D eigenvalue weighted by atomic mass is 14.9. The number of anilines is 1. The monoisotopic (exact) mass is 247 g/mol. The van der Waals surface area contributed by atoms with Crippen LogP contribution in [0.2, 0.25) is 0 Å². The van der Waals surface area contributed by atoms with Crippen LogP contribution >= 0.6 is 0 Å². The van der Waals surface area contributed by atoms with Crippen LogP contribution in [-0.2, 0) is 0 Å². The molecule has 0 aliphatic rings. The Morgan fingerprint density at radius 1 is 1.00 bits per heavy atom. The van der Waals surface area contributed by atoms with Crippen molar-refractivity contribution < 1.29 is 0 Å². The molecule has 0 aliphatic heterocycles. The fourth-order valence-electron chi connectivity index (χ4n) is 2.31. The second-order valence-electron chi connectivity index (χ2n) is 5.60. The quantitative estimate of drug-likeness (QED) is 0.581. The van der Waals surface area contributed by atoms with E-state index in [2.05, 4.69) is 56.4 Å². The topological polar surface area (TPSA) is 12.0 Å². The van der Waals surface area contributed by atoms with Gasteiger partial charge in [-0.25, -0.2) is 0 Å². The van der Waals surface area contributed by atoms with Gasteiger partial charge in [-0.05, 0) is 30.4 Å². The molecule has 0 spiro atoms. The lowest BCUT2D eigenvalue weighted by atomic mass is 9.90. The van der Waals surface area contributed by atoms with Gasteiger partial charge >= 0.3 is 0 Å². The summed E-state index contributed by atoms with van der Waals surface area (Å²) < 4.78 is 0. The van der Waals surface area contributed by atoms with Crippen molar-refractivity contribution in [2.24, 2.45) is 11.8 Å². The zero-order valence-electron chi connectivity index (χ0n) is 12.3. The van der Waals surface area contributed by atoms with Crippen molar-refractivity contribution in [1.82, 2.24) is 0 Å². The van der Waals surface area contributed by atoms with Crippen LogP contribution in [0.5, 0.6) is 0 Å². The Morgan fingerprint density at radius 2 is 1.72 bits per heavy atom. The molecule has 1 unspecified atom stereocenters. The molecule has 18 heavy (non-hydrogen) atoms. The Morgan fingerprint density at radius 3 is 2.33 bits per heavy atom. The maximum Gasteiger partial charge on any atom is 0.0340 e. The third kappa shape index (κ3) is 6.09. The second kappa shape index (κ2) is 9.02. The third-order valence-electron chi connectivity index (χ3n) is 3.71. The van der Waals surface area contributed by atoms with E-state index in [1.165, 1.54) is 37.8 Å². The van der Waals surface area contributed by atoms with Crippen molar-refractivity contribution in [2.45, 2.75) is 52.9 Å². The smallest absolute Gasteiger partial charge is 0.0340 e. The Kier molecular flexibility index (Phi) is 7.55. The first-order valence-corrected chi connectivity index (χ1v) is 7.53. The fourth-order valence-corrected chi connectivity index (χ4v) is 2.31. The zero-order valence-corrected chi connectivity index (χ0v) is 12.3. The molecule has 1 atom stereocenters. The fraction of sp³-hybridized carbons (Fsp3) is 0.647. The van der Waals surface area contributed by atoms with E-state index in [0.717, 1.165) is 18.4 Å². The maximum atomic E-state index is 3.57. The second-order valence-corrected chi connectivity index (χ2v) is 5.60. The summed E-state index contributed by atoms with van der Waals surface area (Å²) in [4.78, 5) is 0. The van der Waals surface area contributed by atoms with Gasteiger partial charge in [0.2, 0.25) is 0 Å². The summed E-state index contributed by atoms with van der Waals surface area (Å²) in [5.74, 6) is 1.56. The van der Waals surface area contributed by atoms with Gasteiger partial charge in [-0.3, -0.25) is 0 Å². The minimum Gasteiger partial charge on any atom is -0.385 e. The molecular weight excluding hydrogens is 218 g/mol. The van der Waals surface area contributed by atoms with Crippen LogP contribution in [0, 0.1) is 11.8 Å². The van der Waals surface area contributed by atoms with Gasteiger partial charge in [0.25, 0.3) is 0 Å². The van der Waals surface area contributed by atoms with Gasteiger partial charge in [0.1, 0.15) is 0 Å². The summed E-state index contributed by atoms with van der Waals surface area (Å²) in [6.07, 6.45) is 6.85. The number of hydrogen-bond donors (Lipinski definition) is 1. The van der Waals surface area contributed by atoms with Crippen LogP contribution in [0.25, 0.3) is 0 Å². The van der Waals surface area contributed by atoms with Crippen LogP contribution in [0.4, 0.5) is 5.69 Å². The summed E-state index contributed by atoms with van der Waals surface area (Å²) in [5.41, 5.74) is 1.25. The molecular formula is C17H29N. The van der Waals surface area contributed by atoms with E-state index < -0.39 is 0 Å². The molecule has 1 rings (SSSR count). The van der Waals surface area contributed by atoms with Crippen LogP contribution in [-0.4, -0.2) is 6.54 Å². The highest BCUT2D eigenvalue weighted by Gasteiger charge is 2.12. The molecule has 102 valence electrons. The largest absolute Gasteiger partial charge is 0.385 e. The molecule has 0 amide bonds. The molecule has 0 aromatic heterocycles. The van der Waals surface area contributed by atoms with Gasteiger partial charge in [-0.1, -0.05) is 64.7 Å². The molecule has 0 saturated heterocycles. The van der Waals surface area contributed by atoms with Crippen LogP contribution in [0.1, 0.15) is 52.9 Å². The van der Waals surface area contributed by atoms with Crippen LogP contribution < -0.4 is 5.32 Å². The molecule has 0 heterocycles. The van der Waals surface area contributed by atoms with E-state index in [-0.39, 0.29) is 0 Å². The minimum atomic E-state index is 0.767. The van der Waals surface area contributed by atoms with E-state index in [0.29, 0.717) is 0 Å². The molecule has 0 aliphatic carbocycles. The zero-order chi connectivity index (χ0) is 13.2. The number of benzene rings is 1. The molecule has 1 nitrogen and oxygen atoms in total. The Hall–Kier alpha value is -0.980. The van der Waals surface area contributed by atoms with Gasteiger partial charge in [-0.2, -0.15) is 0 Å². The summed E-state index contributed by atoms with van der Waals surface area (Å²) in [5, 5.41) is 3.57. The van der Waals surface area contributed by atoms with Gasteiger partial charge < -0.3 is 5.32 Å². The first-order valence-electron chi connectivity index (χ1n) is 7.53. The number of nitrogens with one attached hydrogen (secondary N) is 1. The lowest BCUT2D eigenvalue weighted by Gasteiger charge is -2.22. The SMILES string of the molecule is CCCCCCC(CNc1ccccc1)C(C)C. The van der Waals surface area contributed by atoms with Crippen molar-refractivity contribution in [2.75, 3.05) is 11.9 Å². The average molecular weight is 247 g/mol. The molecule has 1 N–H and O–H groups in total. The number of para-hydroxylation sites is 1. The van der Waals surface area contributed by atoms with E-state index in [4.69, 9.17) is 0 Å². The molecule has 0 radical (unpaired) electrons. The predicted octanol–water partition coefficient (Wildman–Crippen LogP) is 5.34. The molecule has 1 aromatic rings. The number of unbranched alkanes of at least 4 members (excludes halogenated alkanes) is 3. The lowest BCUT2D eigenvalue weighted by molar-refractivity contribution is 0.362. The normalized spacial score (nSPS) is 12.7. The minimum absolute atomic E-state index is 0.767. The third-order valence-corrected chi connectivity index (χ3v) is 3.71.